The van der Waals surface area contributed by atoms with E-state index in [2.05, 4.69) is 36.3 Å². The zero-order chi connectivity index (χ0) is 16.5. The van der Waals surface area contributed by atoms with Gasteiger partial charge in [-0.15, -0.1) is 0 Å². The molecule has 7 nitrogen and oxygen atoms in total. The van der Waals surface area contributed by atoms with Gasteiger partial charge in [-0.3, -0.25) is 9.48 Å². The van der Waals surface area contributed by atoms with E-state index in [1.807, 2.05) is 0 Å². The van der Waals surface area contributed by atoms with Gasteiger partial charge in [-0.05, 0) is 22.0 Å². The summed E-state index contributed by atoms with van der Waals surface area (Å²) in [6, 6.07) is 1.68. The molecule has 2 heterocycles. The second-order valence-electron chi connectivity index (χ2n) is 4.22. The van der Waals surface area contributed by atoms with Crippen LogP contribution >= 0.6 is 15.9 Å². The first kappa shape index (κ1) is 16.2. The second-order valence-corrected chi connectivity index (χ2v) is 4.97. The van der Waals surface area contributed by atoms with Crippen LogP contribution in [0.1, 0.15) is 21.9 Å². The number of nitrogens with one attached hydrogen (secondary N) is 1. The molecule has 2 rings (SSSR count). The molecule has 2 aromatic rings. The van der Waals surface area contributed by atoms with Crippen LogP contribution in [0.2, 0.25) is 0 Å². The van der Waals surface area contributed by atoms with Crippen molar-refractivity contribution in [3.05, 3.63) is 33.9 Å². The van der Waals surface area contributed by atoms with E-state index >= 15 is 0 Å². The predicted octanol–water partition coefficient (Wildman–Crippen LogP) is 1.50. The molecule has 0 saturated heterocycles. The van der Waals surface area contributed by atoms with Gasteiger partial charge in [0.25, 0.3) is 5.91 Å². The Labute approximate surface area is 130 Å². The summed E-state index contributed by atoms with van der Waals surface area (Å²) in [6.07, 6.45) is -3.17. The van der Waals surface area contributed by atoms with Crippen LogP contribution in [0.15, 0.2) is 16.9 Å². The van der Waals surface area contributed by atoms with Gasteiger partial charge in [0.15, 0.2) is 17.2 Å². The van der Waals surface area contributed by atoms with E-state index in [-0.39, 0.29) is 12.2 Å². The molecule has 0 radical (unpaired) electrons. The molecule has 118 valence electrons. The number of amides is 1. The number of rotatable bonds is 3. The van der Waals surface area contributed by atoms with E-state index in [1.165, 1.54) is 4.68 Å². The number of hydrogen-bond acceptors (Lipinski definition) is 5. The molecular formula is C11H10BrF3N6O. The summed E-state index contributed by atoms with van der Waals surface area (Å²) in [7, 11) is 1.68. The quantitative estimate of drug-likeness (QED) is 0.843. The summed E-state index contributed by atoms with van der Waals surface area (Å²) < 4.78 is 38.9. The average Bonchev–Trinajstić information content (AvgIpc) is 2.82. The van der Waals surface area contributed by atoms with Gasteiger partial charge >= 0.3 is 6.18 Å². The minimum Gasteiger partial charge on any atom is -0.382 e. The van der Waals surface area contributed by atoms with Crippen molar-refractivity contribution in [3.8, 4) is 0 Å². The van der Waals surface area contributed by atoms with Crippen molar-refractivity contribution in [2.45, 2.75) is 12.7 Å². The van der Waals surface area contributed by atoms with Crippen LogP contribution in [-0.2, 0) is 19.8 Å². The topological polar surface area (TPSA) is 98.7 Å². The number of nitrogens with zero attached hydrogens (tertiary/aromatic N) is 4. The van der Waals surface area contributed by atoms with Gasteiger partial charge in [0.05, 0.1) is 12.2 Å². The van der Waals surface area contributed by atoms with Gasteiger partial charge in [-0.25, -0.2) is 9.97 Å². The van der Waals surface area contributed by atoms with Gasteiger partial charge in [0.1, 0.15) is 4.60 Å². The minimum atomic E-state index is -4.72. The maximum Gasteiger partial charge on any atom is 0.436 e. The summed E-state index contributed by atoms with van der Waals surface area (Å²) in [5.74, 6) is -1.33. The van der Waals surface area contributed by atoms with Crippen LogP contribution in [0.4, 0.5) is 19.0 Å². The Morgan fingerprint density at radius 1 is 1.45 bits per heavy atom. The third-order valence-corrected chi connectivity index (χ3v) is 3.27. The van der Waals surface area contributed by atoms with E-state index < -0.39 is 28.2 Å². The third kappa shape index (κ3) is 3.35. The third-order valence-electron chi connectivity index (χ3n) is 2.72. The van der Waals surface area contributed by atoms with E-state index in [0.717, 1.165) is 0 Å². The molecule has 0 aromatic carbocycles. The van der Waals surface area contributed by atoms with Gasteiger partial charge in [-0.2, -0.15) is 18.3 Å². The van der Waals surface area contributed by atoms with E-state index in [0.29, 0.717) is 5.69 Å². The highest BCUT2D eigenvalue weighted by molar-refractivity contribution is 9.10. The molecule has 0 aliphatic heterocycles. The zero-order valence-electron chi connectivity index (χ0n) is 11.1. The molecule has 0 aliphatic rings. The lowest BCUT2D eigenvalue weighted by Crippen LogP contribution is -2.27. The Morgan fingerprint density at radius 2 is 2.14 bits per heavy atom. The molecule has 22 heavy (non-hydrogen) atoms. The van der Waals surface area contributed by atoms with Gasteiger partial charge < -0.3 is 11.1 Å². The number of carbonyl (C=O) groups is 1. The maximum absolute atomic E-state index is 12.6. The standard InChI is InChI=1S/C11H10BrF3N6O/c1-21-5(2-3-18-21)4-17-10(22)6-9(16)20-7(8(12)19-6)11(13,14)15/h2-3H,4H2,1H3,(H2,16,20)(H,17,22). The lowest BCUT2D eigenvalue weighted by atomic mass is 10.3. The van der Waals surface area contributed by atoms with Crippen molar-refractivity contribution < 1.29 is 18.0 Å². The molecule has 0 bridgehead atoms. The number of aromatic nitrogens is 4. The largest absolute Gasteiger partial charge is 0.436 e. The number of aryl methyl sites for hydroxylation is 1. The van der Waals surface area contributed by atoms with Crippen LogP contribution in [-0.4, -0.2) is 25.7 Å². The van der Waals surface area contributed by atoms with Gasteiger partial charge in [-0.1, -0.05) is 0 Å². The Balaban J connectivity index is 2.20. The molecule has 11 heteroatoms. The lowest BCUT2D eigenvalue weighted by Gasteiger charge is -2.11. The molecule has 0 aliphatic carbocycles. The van der Waals surface area contributed by atoms with Crippen LogP contribution in [0.25, 0.3) is 0 Å². The molecule has 1 amide bonds. The summed E-state index contributed by atoms with van der Waals surface area (Å²) in [4.78, 5) is 18.7. The molecule has 0 unspecified atom stereocenters. The van der Waals surface area contributed by atoms with Crippen molar-refractivity contribution in [3.63, 3.8) is 0 Å². The number of alkyl halides is 3. The number of nitrogen functional groups attached to an aromatic ring is 1. The number of halogens is 4. The highest BCUT2D eigenvalue weighted by Gasteiger charge is 2.37. The number of hydrogen-bond donors (Lipinski definition) is 2. The fourth-order valence-electron chi connectivity index (χ4n) is 1.60. The molecule has 0 spiro atoms. The van der Waals surface area contributed by atoms with Crippen LogP contribution in [0.5, 0.6) is 0 Å². The smallest absolute Gasteiger partial charge is 0.382 e. The fraction of sp³-hybridized carbons (Fsp3) is 0.273. The first-order chi connectivity index (χ1) is 10.2. The van der Waals surface area contributed by atoms with E-state index in [1.54, 1.807) is 19.3 Å². The number of nitrogens with two attached hydrogens (primary N) is 1. The first-order valence-corrected chi connectivity index (χ1v) is 6.64. The lowest BCUT2D eigenvalue weighted by molar-refractivity contribution is -0.142. The molecule has 0 saturated carbocycles. The summed E-state index contributed by atoms with van der Waals surface area (Å²) >= 11 is 2.64. The van der Waals surface area contributed by atoms with Gasteiger partial charge in [0, 0.05) is 13.2 Å². The highest BCUT2D eigenvalue weighted by atomic mass is 79.9. The van der Waals surface area contributed by atoms with Gasteiger partial charge in [0.2, 0.25) is 0 Å². The van der Waals surface area contributed by atoms with Crippen molar-refractivity contribution in [2.24, 2.45) is 7.05 Å². The summed E-state index contributed by atoms with van der Waals surface area (Å²) in [5.41, 5.74) is 4.42. The number of anilines is 1. The van der Waals surface area contributed by atoms with Crippen molar-refractivity contribution in [2.75, 3.05) is 5.73 Å². The van der Waals surface area contributed by atoms with Crippen LogP contribution in [0, 0.1) is 0 Å². The SMILES string of the molecule is Cn1nccc1CNC(=O)c1nc(Br)c(C(F)(F)F)nc1N. The normalized spacial score (nSPS) is 11.5. The van der Waals surface area contributed by atoms with Crippen molar-refractivity contribution in [1.82, 2.24) is 25.1 Å². The average molecular weight is 379 g/mol. The second kappa shape index (κ2) is 5.91. The molecule has 0 atom stereocenters. The monoisotopic (exact) mass is 378 g/mol. The van der Waals surface area contributed by atoms with Crippen LogP contribution in [0.3, 0.4) is 0 Å². The Hall–Kier alpha value is -2.17. The Kier molecular flexibility index (Phi) is 4.35. The first-order valence-electron chi connectivity index (χ1n) is 5.85. The highest BCUT2D eigenvalue weighted by Crippen LogP contribution is 2.33. The molecular weight excluding hydrogens is 369 g/mol. The minimum absolute atomic E-state index is 0.120. The molecule has 0 fully saturated rings. The predicted molar refractivity (Wildman–Crippen MR) is 73.5 cm³/mol. The Bertz CT molecular complexity index is 714. The van der Waals surface area contributed by atoms with E-state index in [9.17, 15) is 18.0 Å². The Morgan fingerprint density at radius 3 is 2.68 bits per heavy atom. The van der Waals surface area contributed by atoms with Crippen LogP contribution < -0.4 is 11.1 Å². The fourth-order valence-corrected chi connectivity index (χ4v) is 2.10. The maximum atomic E-state index is 12.6. The molecule has 2 aromatic heterocycles. The zero-order valence-corrected chi connectivity index (χ0v) is 12.7. The van der Waals surface area contributed by atoms with Crippen molar-refractivity contribution in [1.29, 1.82) is 0 Å². The van der Waals surface area contributed by atoms with E-state index in [4.69, 9.17) is 5.73 Å². The molecule has 3 N–H and O–H groups in total. The number of carbonyl (C=O) groups excluding carboxylic acids is 1. The van der Waals surface area contributed by atoms with Crippen molar-refractivity contribution >= 4 is 27.7 Å². The summed E-state index contributed by atoms with van der Waals surface area (Å²) in [6.45, 7) is 0.120. The summed E-state index contributed by atoms with van der Waals surface area (Å²) in [5, 5.41) is 6.40.